The summed E-state index contributed by atoms with van der Waals surface area (Å²) < 4.78 is 0. The topological polar surface area (TPSA) is 96.2 Å². The number of H-pyrrole nitrogens is 1. The number of hydrogen-bond acceptors (Lipinski definition) is 3. The zero-order valence-electron chi connectivity index (χ0n) is 15.2. The van der Waals surface area contributed by atoms with Crippen molar-refractivity contribution in [1.29, 1.82) is 0 Å². The van der Waals surface area contributed by atoms with Gasteiger partial charge < -0.3 is 10.1 Å². The molecule has 6 heteroatoms. The molecule has 2 N–H and O–H groups in total. The fourth-order valence-corrected chi connectivity index (χ4v) is 3.46. The third-order valence-electron chi connectivity index (χ3n) is 4.75. The van der Waals surface area contributed by atoms with Crippen molar-refractivity contribution in [3.63, 3.8) is 0 Å². The summed E-state index contributed by atoms with van der Waals surface area (Å²) in [5.41, 5.74) is 4.40. The van der Waals surface area contributed by atoms with Crippen molar-refractivity contribution in [1.82, 2.24) is 4.98 Å². The molecule has 4 aromatic rings. The quantitative estimate of drug-likeness (QED) is 0.269. The normalized spacial score (nSPS) is 11.2. The number of fused-ring (bicyclic) bond motifs is 1. The Bertz CT molecular complexity index is 1270. The van der Waals surface area contributed by atoms with Crippen LogP contribution in [-0.4, -0.2) is 21.0 Å². The minimum absolute atomic E-state index is 0.0308. The molecule has 0 radical (unpaired) electrons. The third kappa shape index (κ3) is 3.51. The molecule has 1 aromatic heterocycles. The van der Waals surface area contributed by atoms with Crippen LogP contribution < -0.4 is 0 Å². The molecule has 142 valence electrons. The van der Waals surface area contributed by atoms with Crippen molar-refractivity contribution in [2.24, 2.45) is 0 Å². The predicted octanol–water partition coefficient (Wildman–Crippen LogP) is 5.51. The van der Waals surface area contributed by atoms with Gasteiger partial charge in [-0.3, -0.25) is 10.1 Å². The van der Waals surface area contributed by atoms with E-state index in [1.54, 1.807) is 24.3 Å². The molecule has 0 bridgehead atoms. The molecule has 0 amide bonds. The van der Waals surface area contributed by atoms with Gasteiger partial charge in [-0.05, 0) is 46.4 Å². The van der Waals surface area contributed by atoms with E-state index in [1.165, 1.54) is 12.1 Å². The molecule has 0 saturated heterocycles. The Kier molecular flexibility index (Phi) is 4.66. The van der Waals surface area contributed by atoms with E-state index in [4.69, 9.17) is 5.11 Å². The van der Waals surface area contributed by atoms with Crippen LogP contribution in [0.4, 0.5) is 5.69 Å². The van der Waals surface area contributed by atoms with E-state index in [9.17, 15) is 14.9 Å². The molecule has 4 rings (SSSR count). The van der Waals surface area contributed by atoms with Crippen LogP contribution in [0.25, 0.3) is 39.2 Å². The van der Waals surface area contributed by atoms with E-state index >= 15 is 0 Å². The van der Waals surface area contributed by atoms with Gasteiger partial charge in [-0.1, -0.05) is 42.5 Å². The Morgan fingerprint density at radius 2 is 1.76 bits per heavy atom. The molecule has 0 aliphatic heterocycles. The van der Waals surface area contributed by atoms with Crippen molar-refractivity contribution in [2.75, 3.05) is 0 Å². The highest BCUT2D eigenvalue weighted by Crippen LogP contribution is 2.36. The lowest BCUT2D eigenvalue weighted by Crippen LogP contribution is -1.94. The van der Waals surface area contributed by atoms with Gasteiger partial charge in [0.15, 0.2) is 0 Å². The van der Waals surface area contributed by atoms with Crippen LogP contribution in [0.5, 0.6) is 0 Å². The highest BCUT2D eigenvalue weighted by Gasteiger charge is 2.17. The second-order valence-electron chi connectivity index (χ2n) is 6.50. The predicted molar refractivity (Wildman–Crippen MR) is 112 cm³/mol. The van der Waals surface area contributed by atoms with Crippen LogP contribution >= 0.6 is 0 Å². The van der Waals surface area contributed by atoms with E-state index < -0.39 is 10.9 Å². The molecule has 3 aromatic carbocycles. The molecule has 0 unspecified atom stereocenters. The number of carboxylic acid groups (broad SMARTS) is 1. The number of nitro groups is 1. The number of benzene rings is 3. The molecule has 0 saturated carbocycles. The lowest BCUT2D eigenvalue weighted by molar-refractivity contribution is -0.384. The largest absolute Gasteiger partial charge is 0.478 e. The van der Waals surface area contributed by atoms with Crippen molar-refractivity contribution < 1.29 is 14.8 Å². The molecule has 6 nitrogen and oxygen atoms in total. The number of nitrogens with one attached hydrogen (secondary N) is 1. The zero-order chi connectivity index (χ0) is 20.4. The number of aromatic nitrogens is 1. The Hall–Kier alpha value is -4.19. The molecule has 29 heavy (non-hydrogen) atoms. The maximum atomic E-state index is 11.5. The average molecular weight is 384 g/mol. The second kappa shape index (κ2) is 7.44. The van der Waals surface area contributed by atoms with Gasteiger partial charge in [0.05, 0.1) is 16.0 Å². The van der Waals surface area contributed by atoms with Crippen LogP contribution in [0.15, 0.2) is 79.0 Å². The second-order valence-corrected chi connectivity index (χ2v) is 6.50. The number of nitrogens with zero attached hydrogens (tertiary/aromatic N) is 1. The summed E-state index contributed by atoms with van der Waals surface area (Å²) in [6.45, 7) is 0. The minimum Gasteiger partial charge on any atom is -0.478 e. The van der Waals surface area contributed by atoms with Crippen LogP contribution in [0.3, 0.4) is 0 Å². The Morgan fingerprint density at radius 3 is 2.55 bits per heavy atom. The van der Waals surface area contributed by atoms with Gasteiger partial charge in [0.25, 0.3) is 5.69 Å². The summed E-state index contributed by atoms with van der Waals surface area (Å²) in [5, 5.41) is 21.6. The number of aromatic amines is 1. The highest BCUT2D eigenvalue weighted by atomic mass is 16.6. The Labute approximate surface area is 165 Å². The first kappa shape index (κ1) is 18.2. The minimum atomic E-state index is -1.09. The maximum absolute atomic E-state index is 11.5. The summed E-state index contributed by atoms with van der Waals surface area (Å²) in [7, 11) is 0. The fraction of sp³-hybridized carbons (Fsp3) is 0. The van der Waals surface area contributed by atoms with Crippen LogP contribution in [0, 0.1) is 10.1 Å². The van der Waals surface area contributed by atoms with Gasteiger partial charge in [0.1, 0.15) is 0 Å². The van der Waals surface area contributed by atoms with Gasteiger partial charge in [-0.25, -0.2) is 4.79 Å². The van der Waals surface area contributed by atoms with Crippen molar-refractivity contribution >= 4 is 28.6 Å². The lowest BCUT2D eigenvalue weighted by atomic mass is 9.93. The molecule has 0 spiro atoms. The van der Waals surface area contributed by atoms with E-state index in [0.717, 1.165) is 28.1 Å². The monoisotopic (exact) mass is 384 g/mol. The Balaban J connectivity index is 1.93. The molecule has 0 aliphatic rings. The highest BCUT2D eigenvalue weighted by molar-refractivity contribution is 5.96. The van der Waals surface area contributed by atoms with E-state index in [-0.39, 0.29) is 5.69 Å². The molecule has 0 aliphatic carbocycles. The number of nitro benzene ring substituents is 1. The number of aliphatic carboxylic acids is 1. The first-order valence-electron chi connectivity index (χ1n) is 8.90. The summed E-state index contributed by atoms with van der Waals surface area (Å²) in [6.07, 6.45) is 4.36. The molecule has 1 heterocycles. The molecule has 0 atom stereocenters. The molecular formula is C23H16N2O4. The van der Waals surface area contributed by atoms with E-state index in [0.29, 0.717) is 16.7 Å². The zero-order valence-corrected chi connectivity index (χ0v) is 15.2. The average Bonchev–Trinajstić information content (AvgIpc) is 3.21. The van der Waals surface area contributed by atoms with Crippen molar-refractivity contribution in [3.8, 4) is 22.3 Å². The number of rotatable bonds is 5. The van der Waals surface area contributed by atoms with Gasteiger partial charge in [-0.15, -0.1) is 0 Å². The first-order valence-corrected chi connectivity index (χ1v) is 8.90. The maximum Gasteiger partial charge on any atom is 0.328 e. The lowest BCUT2D eigenvalue weighted by Gasteiger charge is -2.11. The number of carbonyl (C=O) groups is 1. The smallest absolute Gasteiger partial charge is 0.328 e. The van der Waals surface area contributed by atoms with Crippen molar-refractivity contribution in [2.45, 2.75) is 0 Å². The molecule has 0 fully saturated rings. The van der Waals surface area contributed by atoms with Gasteiger partial charge >= 0.3 is 5.97 Å². The van der Waals surface area contributed by atoms with Crippen LogP contribution in [0.1, 0.15) is 5.56 Å². The van der Waals surface area contributed by atoms with Gasteiger partial charge in [0.2, 0.25) is 0 Å². The molecular weight excluding hydrogens is 368 g/mol. The van der Waals surface area contributed by atoms with Gasteiger partial charge in [0, 0.05) is 23.9 Å². The van der Waals surface area contributed by atoms with Crippen LogP contribution in [0.2, 0.25) is 0 Å². The summed E-state index contributed by atoms with van der Waals surface area (Å²) in [4.78, 5) is 25.3. The number of para-hydroxylation sites is 2. The summed E-state index contributed by atoms with van der Waals surface area (Å²) in [5.74, 6) is -1.09. The van der Waals surface area contributed by atoms with Gasteiger partial charge in [-0.2, -0.15) is 0 Å². The number of carboxylic acids is 1. The van der Waals surface area contributed by atoms with E-state index in [2.05, 4.69) is 4.98 Å². The SMILES string of the molecule is O=C(O)C=Cc1cc(-c2cccc3cc[nH]c23)ccc1-c1ccccc1[N+](=O)[O-]. The van der Waals surface area contributed by atoms with E-state index in [1.807, 2.05) is 42.6 Å². The number of hydrogen-bond donors (Lipinski definition) is 2. The first-order chi connectivity index (χ1) is 14.0. The summed E-state index contributed by atoms with van der Waals surface area (Å²) >= 11 is 0. The van der Waals surface area contributed by atoms with Crippen molar-refractivity contribution in [3.05, 3.63) is 94.7 Å². The fourth-order valence-electron chi connectivity index (χ4n) is 3.46. The van der Waals surface area contributed by atoms with Crippen LogP contribution in [-0.2, 0) is 4.79 Å². The standard InChI is InChI=1S/C23H16N2O4/c26-22(27)11-9-16-14-17(19-6-3-4-15-12-13-24-23(15)19)8-10-18(16)20-5-1-2-7-21(20)25(28)29/h1-14,24H,(H,26,27). The summed E-state index contributed by atoms with van der Waals surface area (Å²) in [6, 6.07) is 19.9. The third-order valence-corrected chi connectivity index (χ3v) is 4.75. The Morgan fingerprint density at radius 1 is 0.966 bits per heavy atom.